The molecule has 3 rings (SSSR count). The number of rotatable bonds is 5. The van der Waals surface area contributed by atoms with E-state index in [4.69, 9.17) is 0 Å². The zero-order valence-corrected chi connectivity index (χ0v) is 15.5. The van der Waals surface area contributed by atoms with E-state index in [1.54, 1.807) is 19.0 Å². The van der Waals surface area contributed by atoms with Gasteiger partial charge in [0.05, 0.1) is 0 Å². The summed E-state index contributed by atoms with van der Waals surface area (Å²) in [6.45, 7) is 1.50. The van der Waals surface area contributed by atoms with Gasteiger partial charge in [0.1, 0.15) is 6.04 Å². The van der Waals surface area contributed by atoms with Gasteiger partial charge in [0.2, 0.25) is 5.91 Å². The molecule has 0 saturated carbocycles. The number of benzene rings is 2. The Labute approximate surface area is 155 Å². The molecule has 136 valence electrons. The largest absolute Gasteiger partial charge is 0.347 e. The van der Waals surface area contributed by atoms with Crippen LogP contribution in [0, 0.1) is 5.92 Å². The van der Waals surface area contributed by atoms with Crippen molar-refractivity contribution < 1.29 is 9.59 Å². The number of carbonyl (C=O) groups excluding carboxylic acids is 2. The van der Waals surface area contributed by atoms with Gasteiger partial charge in [-0.05, 0) is 31.5 Å². The average Bonchev–Trinajstić information content (AvgIpc) is 2.69. The minimum Gasteiger partial charge on any atom is -0.347 e. The Morgan fingerprint density at radius 2 is 1.46 bits per heavy atom. The lowest BCUT2D eigenvalue weighted by Gasteiger charge is -2.37. The third kappa shape index (κ3) is 4.02. The molecule has 0 N–H and O–H groups in total. The van der Waals surface area contributed by atoms with E-state index < -0.39 is 0 Å². The predicted molar refractivity (Wildman–Crippen MR) is 103 cm³/mol. The maximum atomic E-state index is 12.8. The third-order valence-corrected chi connectivity index (χ3v) is 5.11. The number of hydrogen-bond acceptors (Lipinski definition) is 3. The molecule has 4 heteroatoms. The van der Waals surface area contributed by atoms with Crippen LogP contribution in [0.1, 0.15) is 34.8 Å². The molecule has 1 heterocycles. The Morgan fingerprint density at radius 3 is 2.00 bits per heavy atom. The van der Waals surface area contributed by atoms with Crippen molar-refractivity contribution in [2.75, 3.05) is 27.2 Å². The molecule has 2 aromatic carbocycles. The molecule has 1 amide bonds. The van der Waals surface area contributed by atoms with Crippen LogP contribution in [0.3, 0.4) is 0 Å². The zero-order chi connectivity index (χ0) is 18.5. The van der Waals surface area contributed by atoms with Gasteiger partial charge in [0.25, 0.3) is 0 Å². The third-order valence-electron chi connectivity index (χ3n) is 5.11. The molecule has 1 aliphatic heterocycles. The van der Waals surface area contributed by atoms with Gasteiger partial charge in [-0.2, -0.15) is 0 Å². The number of likely N-dealkylation sites (N-methyl/N-ethyl adjacent to an activating group) is 1. The Balaban J connectivity index is 1.72. The Bertz CT molecular complexity index is 735. The summed E-state index contributed by atoms with van der Waals surface area (Å²) in [7, 11) is 3.59. The van der Waals surface area contributed by atoms with Crippen LogP contribution >= 0.6 is 0 Å². The average molecular weight is 350 g/mol. The summed E-state index contributed by atoms with van der Waals surface area (Å²) in [4.78, 5) is 29.4. The van der Waals surface area contributed by atoms with Crippen molar-refractivity contribution in [3.05, 3.63) is 71.8 Å². The standard InChI is InChI=1S/C22H26N2O2/c1-23(2)22(26)20(17-9-5-3-6-10-17)24-15-13-19(14-16-24)21(25)18-11-7-4-8-12-18/h3-12,19-20H,13-16H2,1-2H3. The van der Waals surface area contributed by atoms with Crippen molar-refractivity contribution in [1.29, 1.82) is 0 Å². The highest BCUT2D eigenvalue weighted by atomic mass is 16.2. The second-order valence-electron chi connectivity index (χ2n) is 7.09. The minimum absolute atomic E-state index is 0.0412. The highest BCUT2D eigenvalue weighted by molar-refractivity contribution is 5.97. The Kier molecular flexibility index (Phi) is 5.84. The Hall–Kier alpha value is -2.46. The molecule has 0 radical (unpaired) electrons. The van der Waals surface area contributed by atoms with Crippen LogP contribution in [-0.4, -0.2) is 48.7 Å². The zero-order valence-electron chi connectivity index (χ0n) is 15.5. The first-order valence-corrected chi connectivity index (χ1v) is 9.17. The summed E-state index contributed by atoms with van der Waals surface area (Å²) in [6, 6.07) is 19.1. The molecule has 0 aromatic heterocycles. The van der Waals surface area contributed by atoms with Crippen molar-refractivity contribution in [3.8, 4) is 0 Å². The number of ketones is 1. The smallest absolute Gasteiger partial charge is 0.244 e. The summed E-state index contributed by atoms with van der Waals surface area (Å²) in [5.41, 5.74) is 1.80. The lowest BCUT2D eigenvalue weighted by Crippen LogP contribution is -2.44. The SMILES string of the molecule is CN(C)C(=O)C(c1ccccc1)N1CCC(C(=O)c2ccccc2)CC1. The van der Waals surface area contributed by atoms with Crippen LogP contribution in [0.15, 0.2) is 60.7 Å². The van der Waals surface area contributed by atoms with Gasteiger partial charge in [-0.3, -0.25) is 14.5 Å². The van der Waals surface area contributed by atoms with Crippen LogP contribution in [-0.2, 0) is 4.79 Å². The molecule has 1 aliphatic rings. The number of nitrogens with zero attached hydrogens (tertiary/aromatic N) is 2. The highest BCUT2D eigenvalue weighted by Crippen LogP contribution is 2.29. The second kappa shape index (κ2) is 8.28. The van der Waals surface area contributed by atoms with E-state index in [0.717, 1.165) is 37.1 Å². The van der Waals surface area contributed by atoms with Gasteiger partial charge >= 0.3 is 0 Å². The maximum Gasteiger partial charge on any atom is 0.244 e. The molecule has 0 spiro atoms. The quantitative estimate of drug-likeness (QED) is 0.776. The first-order valence-electron chi connectivity index (χ1n) is 9.17. The van der Waals surface area contributed by atoms with E-state index in [-0.39, 0.29) is 23.7 Å². The number of hydrogen-bond donors (Lipinski definition) is 0. The minimum atomic E-state index is -0.279. The normalized spacial score (nSPS) is 16.8. The van der Waals surface area contributed by atoms with E-state index >= 15 is 0 Å². The summed E-state index contributed by atoms with van der Waals surface area (Å²) >= 11 is 0. The Morgan fingerprint density at radius 1 is 0.923 bits per heavy atom. The van der Waals surface area contributed by atoms with E-state index in [2.05, 4.69) is 4.90 Å². The summed E-state index contributed by atoms with van der Waals surface area (Å²) in [5, 5.41) is 0. The molecule has 4 nitrogen and oxygen atoms in total. The summed E-state index contributed by atoms with van der Waals surface area (Å²) in [5.74, 6) is 0.351. The highest BCUT2D eigenvalue weighted by Gasteiger charge is 2.33. The van der Waals surface area contributed by atoms with Crippen molar-refractivity contribution in [2.45, 2.75) is 18.9 Å². The molecular weight excluding hydrogens is 324 g/mol. The number of amides is 1. The fourth-order valence-electron chi connectivity index (χ4n) is 3.65. The van der Waals surface area contributed by atoms with Gasteiger partial charge < -0.3 is 4.90 Å². The van der Waals surface area contributed by atoms with E-state index in [1.807, 2.05) is 60.7 Å². The van der Waals surface area contributed by atoms with Crippen molar-refractivity contribution in [3.63, 3.8) is 0 Å². The lowest BCUT2D eigenvalue weighted by atomic mass is 9.87. The lowest BCUT2D eigenvalue weighted by molar-refractivity contribution is -0.135. The molecule has 1 fully saturated rings. The van der Waals surface area contributed by atoms with Crippen LogP contribution in [0.5, 0.6) is 0 Å². The molecule has 0 bridgehead atoms. The van der Waals surface area contributed by atoms with Crippen LogP contribution in [0.25, 0.3) is 0 Å². The predicted octanol–water partition coefficient (Wildman–Crippen LogP) is 3.41. The van der Waals surface area contributed by atoms with Crippen LogP contribution in [0.4, 0.5) is 0 Å². The van der Waals surface area contributed by atoms with Crippen LogP contribution in [0.2, 0.25) is 0 Å². The summed E-state index contributed by atoms with van der Waals surface area (Å²) in [6.07, 6.45) is 1.58. The second-order valence-corrected chi connectivity index (χ2v) is 7.09. The first kappa shape index (κ1) is 18.3. The van der Waals surface area contributed by atoms with E-state index in [9.17, 15) is 9.59 Å². The van der Waals surface area contributed by atoms with Gasteiger partial charge in [-0.25, -0.2) is 0 Å². The van der Waals surface area contributed by atoms with Crippen LogP contribution < -0.4 is 0 Å². The molecule has 0 aliphatic carbocycles. The van der Waals surface area contributed by atoms with E-state index in [1.165, 1.54) is 0 Å². The number of likely N-dealkylation sites (tertiary alicyclic amines) is 1. The van der Waals surface area contributed by atoms with Crippen molar-refractivity contribution >= 4 is 11.7 Å². The fourth-order valence-corrected chi connectivity index (χ4v) is 3.65. The molecule has 2 aromatic rings. The van der Waals surface area contributed by atoms with E-state index in [0.29, 0.717) is 0 Å². The topological polar surface area (TPSA) is 40.6 Å². The van der Waals surface area contributed by atoms with Gasteiger partial charge in [0, 0.05) is 25.6 Å². The van der Waals surface area contributed by atoms with Crippen molar-refractivity contribution in [1.82, 2.24) is 9.80 Å². The number of Topliss-reactive ketones (excluding diaryl/α,β-unsaturated/α-hetero) is 1. The van der Waals surface area contributed by atoms with Crippen molar-refractivity contribution in [2.24, 2.45) is 5.92 Å². The van der Waals surface area contributed by atoms with Gasteiger partial charge in [-0.1, -0.05) is 60.7 Å². The van der Waals surface area contributed by atoms with Gasteiger partial charge in [0.15, 0.2) is 5.78 Å². The number of carbonyl (C=O) groups is 2. The molecule has 26 heavy (non-hydrogen) atoms. The maximum absolute atomic E-state index is 12.8. The molecule has 1 saturated heterocycles. The van der Waals surface area contributed by atoms with Gasteiger partial charge in [-0.15, -0.1) is 0 Å². The molecule has 1 unspecified atom stereocenters. The first-order chi connectivity index (χ1) is 12.6. The summed E-state index contributed by atoms with van der Waals surface area (Å²) < 4.78 is 0. The molecular formula is C22H26N2O2. The fraction of sp³-hybridized carbons (Fsp3) is 0.364. The molecule has 1 atom stereocenters. The monoisotopic (exact) mass is 350 g/mol. The number of piperidine rings is 1.